The van der Waals surface area contributed by atoms with Gasteiger partial charge in [0.2, 0.25) is 0 Å². The molecule has 0 saturated carbocycles. The van der Waals surface area contributed by atoms with E-state index in [1.54, 1.807) is 10.9 Å². The Hall–Kier alpha value is -3.66. The van der Waals surface area contributed by atoms with Gasteiger partial charge >= 0.3 is 0 Å². The Bertz CT molecular complexity index is 1430. The van der Waals surface area contributed by atoms with Crippen LogP contribution in [0.3, 0.4) is 0 Å². The molecular weight excluding hydrogens is 370 g/mol. The van der Waals surface area contributed by atoms with Crippen LogP contribution in [0.4, 0.5) is 0 Å². The molecule has 30 heavy (non-hydrogen) atoms. The number of hydrogen-bond acceptors (Lipinski definition) is 2. The third-order valence-electron chi connectivity index (χ3n) is 5.76. The predicted octanol–water partition coefficient (Wildman–Crippen LogP) is 5.06. The van der Waals surface area contributed by atoms with E-state index in [-0.39, 0.29) is 5.56 Å². The topological polar surface area (TPSA) is 39.8 Å². The number of rotatable bonds is 4. The summed E-state index contributed by atoms with van der Waals surface area (Å²) in [5.41, 5.74) is 7.20. The molecule has 0 saturated heterocycles. The van der Waals surface area contributed by atoms with Crippen molar-refractivity contribution in [1.82, 2.24) is 14.1 Å². The van der Waals surface area contributed by atoms with Crippen LogP contribution in [-0.4, -0.2) is 14.1 Å². The molecule has 0 unspecified atom stereocenters. The minimum Gasteiger partial charge on any atom is -0.330 e. The monoisotopic (exact) mass is 393 g/mol. The average molecular weight is 393 g/mol. The smallest absolute Gasteiger partial charge is 0.278 e. The molecule has 4 heteroatoms. The zero-order valence-electron chi connectivity index (χ0n) is 17.2. The van der Waals surface area contributed by atoms with E-state index in [1.165, 1.54) is 16.7 Å². The summed E-state index contributed by atoms with van der Waals surface area (Å²) in [7, 11) is 0. The molecule has 0 aliphatic rings. The van der Waals surface area contributed by atoms with Gasteiger partial charge in [0.15, 0.2) is 0 Å². The largest absolute Gasteiger partial charge is 0.330 e. The summed E-state index contributed by atoms with van der Waals surface area (Å²) in [6.45, 7) is 5.37. The molecule has 0 radical (unpaired) electrons. The highest BCUT2D eigenvalue weighted by Crippen LogP contribution is 2.27. The second kappa shape index (κ2) is 7.30. The lowest BCUT2D eigenvalue weighted by Gasteiger charge is -2.12. The maximum Gasteiger partial charge on any atom is 0.278 e. The molecule has 0 N–H and O–H groups in total. The molecule has 148 valence electrons. The highest BCUT2D eigenvalue weighted by atomic mass is 16.1. The van der Waals surface area contributed by atoms with Crippen LogP contribution in [0.15, 0.2) is 83.9 Å². The van der Waals surface area contributed by atoms with Crippen LogP contribution in [0.2, 0.25) is 0 Å². The number of fused-ring (bicyclic) bond motifs is 3. The van der Waals surface area contributed by atoms with Crippen LogP contribution in [0.5, 0.6) is 0 Å². The van der Waals surface area contributed by atoms with E-state index in [1.807, 2.05) is 48.5 Å². The van der Waals surface area contributed by atoms with Gasteiger partial charge in [-0.05, 0) is 36.6 Å². The lowest BCUT2D eigenvalue weighted by Crippen LogP contribution is -2.23. The Morgan fingerprint density at radius 3 is 2.47 bits per heavy atom. The molecule has 3 aromatic carbocycles. The fourth-order valence-electron chi connectivity index (χ4n) is 4.15. The molecule has 4 nitrogen and oxygen atoms in total. The van der Waals surface area contributed by atoms with E-state index >= 15 is 0 Å². The third kappa shape index (κ3) is 3.11. The van der Waals surface area contributed by atoms with E-state index in [4.69, 9.17) is 4.98 Å². The minimum atomic E-state index is -0.00893. The first-order valence-corrected chi connectivity index (χ1v) is 10.2. The number of para-hydroxylation sites is 1. The molecule has 5 rings (SSSR count). The van der Waals surface area contributed by atoms with Gasteiger partial charge in [0.25, 0.3) is 5.56 Å². The molecule has 0 bridgehead atoms. The fourth-order valence-corrected chi connectivity index (χ4v) is 4.15. The average Bonchev–Trinajstić information content (AvgIpc) is 3.08. The zero-order chi connectivity index (χ0) is 20.7. The van der Waals surface area contributed by atoms with Gasteiger partial charge in [-0.2, -0.15) is 0 Å². The van der Waals surface area contributed by atoms with Gasteiger partial charge in [0.1, 0.15) is 11.0 Å². The standard InChI is InChI=1S/C26H23N3O/c1-18-12-13-19(2)21(14-18)16-29-23-11-7-6-10-22(23)24-25(29)26(30)28(17-27-24)15-20-8-4-3-5-9-20/h3-14,17H,15-16H2,1-2H3. The number of hydrogen-bond donors (Lipinski definition) is 0. The molecule has 0 aliphatic carbocycles. The maximum absolute atomic E-state index is 13.6. The van der Waals surface area contributed by atoms with Crippen LogP contribution in [-0.2, 0) is 13.1 Å². The number of aromatic nitrogens is 3. The first-order valence-electron chi connectivity index (χ1n) is 10.2. The summed E-state index contributed by atoms with van der Waals surface area (Å²) in [5, 5.41) is 1.02. The van der Waals surface area contributed by atoms with E-state index in [2.05, 4.69) is 42.7 Å². The molecule has 5 aromatic rings. The first-order chi connectivity index (χ1) is 14.6. The third-order valence-corrected chi connectivity index (χ3v) is 5.76. The first kappa shape index (κ1) is 18.4. The Labute approximate surface area is 175 Å². The van der Waals surface area contributed by atoms with E-state index < -0.39 is 0 Å². The Morgan fingerprint density at radius 1 is 0.867 bits per heavy atom. The molecule has 0 amide bonds. The van der Waals surface area contributed by atoms with Crippen molar-refractivity contribution >= 4 is 21.9 Å². The lowest BCUT2D eigenvalue weighted by atomic mass is 10.1. The number of benzene rings is 3. The predicted molar refractivity (Wildman–Crippen MR) is 122 cm³/mol. The molecule has 0 atom stereocenters. The normalized spacial score (nSPS) is 11.4. The SMILES string of the molecule is Cc1ccc(C)c(Cn2c3ccccc3c3ncn(Cc4ccccc4)c(=O)c32)c1. The minimum absolute atomic E-state index is 0.00893. The maximum atomic E-state index is 13.6. The van der Waals surface area contributed by atoms with Crippen molar-refractivity contribution in [2.45, 2.75) is 26.9 Å². The van der Waals surface area contributed by atoms with E-state index in [9.17, 15) is 4.79 Å². The van der Waals surface area contributed by atoms with Gasteiger partial charge in [0.05, 0.1) is 18.4 Å². The lowest BCUT2D eigenvalue weighted by molar-refractivity contribution is 0.737. The molecular formula is C26H23N3O. The van der Waals surface area contributed by atoms with Gasteiger partial charge in [-0.15, -0.1) is 0 Å². The van der Waals surface area contributed by atoms with Crippen LogP contribution in [0.1, 0.15) is 22.3 Å². The van der Waals surface area contributed by atoms with Crippen LogP contribution in [0.25, 0.3) is 21.9 Å². The summed E-state index contributed by atoms with van der Waals surface area (Å²) >= 11 is 0. The van der Waals surface area contributed by atoms with E-state index in [0.29, 0.717) is 18.6 Å². The summed E-state index contributed by atoms with van der Waals surface area (Å²) < 4.78 is 3.83. The van der Waals surface area contributed by atoms with Gasteiger partial charge in [0, 0.05) is 11.9 Å². The van der Waals surface area contributed by atoms with Gasteiger partial charge < -0.3 is 4.57 Å². The molecule has 0 spiro atoms. The van der Waals surface area contributed by atoms with Crippen molar-refractivity contribution < 1.29 is 0 Å². The quantitative estimate of drug-likeness (QED) is 0.428. The summed E-state index contributed by atoms with van der Waals surface area (Å²) in [6, 6.07) is 24.6. The van der Waals surface area contributed by atoms with Crippen molar-refractivity contribution in [3.05, 3.63) is 112 Å². The molecule has 2 aromatic heterocycles. The van der Waals surface area contributed by atoms with Gasteiger partial charge in [-0.3, -0.25) is 9.36 Å². The molecule has 0 fully saturated rings. The second-order valence-electron chi connectivity index (χ2n) is 7.89. The fraction of sp³-hybridized carbons (Fsp3) is 0.154. The summed E-state index contributed by atoms with van der Waals surface area (Å²) in [5.74, 6) is 0. The number of aryl methyl sites for hydroxylation is 2. The molecule has 2 heterocycles. The Kier molecular flexibility index (Phi) is 4.47. The Balaban J connectivity index is 1.74. The second-order valence-corrected chi connectivity index (χ2v) is 7.89. The zero-order valence-corrected chi connectivity index (χ0v) is 17.2. The van der Waals surface area contributed by atoms with Crippen molar-refractivity contribution in [2.24, 2.45) is 0 Å². The highest BCUT2D eigenvalue weighted by molar-refractivity contribution is 6.05. The number of nitrogens with zero attached hydrogens (tertiary/aromatic N) is 3. The van der Waals surface area contributed by atoms with Crippen molar-refractivity contribution in [2.75, 3.05) is 0 Å². The van der Waals surface area contributed by atoms with Crippen molar-refractivity contribution in [1.29, 1.82) is 0 Å². The van der Waals surface area contributed by atoms with E-state index in [0.717, 1.165) is 22.0 Å². The Morgan fingerprint density at radius 2 is 1.63 bits per heavy atom. The summed E-state index contributed by atoms with van der Waals surface area (Å²) in [4.78, 5) is 18.3. The van der Waals surface area contributed by atoms with Crippen molar-refractivity contribution in [3.63, 3.8) is 0 Å². The molecule has 0 aliphatic heterocycles. The van der Waals surface area contributed by atoms with Gasteiger partial charge in [-0.1, -0.05) is 72.3 Å². The van der Waals surface area contributed by atoms with Gasteiger partial charge in [-0.25, -0.2) is 4.98 Å². The highest BCUT2D eigenvalue weighted by Gasteiger charge is 2.17. The van der Waals surface area contributed by atoms with Crippen LogP contribution in [0, 0.1) is 13.8 Å². The van der Waals surface area contributed by atoms with Crippen LogP contribution >= 0.6 is 0 Å². The summed E-state index contributed by atoms with van der Waals surface area (Å²) in [6.07, 6.45) is 1.67. The van der Waals surface area contributed by atoms with Crippen molar-refractivity contribution in [3.8, 4) is 0 Å². The van der Waals surface area contributed by atoms with Crippen LogP contribution < -0.4 is 5.56 Å².